The van der Waals surface area contributed by atoms with E-state index in [0.717, 1.165) is 30.6 Å². The van der Waals surface area contributed by atoms with Crippen LogP contribution in [0.5, 0.6) is 0 Å². The molecule has 0 fully saturated rings. The van der Waals surface area contributed by atoms with Crippen LogP contribution in [0.25, 0.3) is 0 Å². The predicted octanol–water partition coefficient (Wildman–Crippen LogP) is 4.12. The maximum absolute atomic E-state index is 11.8. The van der Waals surface area contributed by atoms with Crippen LogP contribution in [0.3, 0.4) is 0 Å². The van der Waals surface area contributed by atoms with Gasteiger partial charge in [-0.25, -0.2) is 5.43 Å². The van der Waals surface area contributed by atoms with Gasteiger partial charge in [-0.05, 0) is 29.3 Å². The summed E-state index contributed by atoms with van der Waals surface area (Å²) in [4.78, 5) is 15.8. The molecule has 6 nitrogen and oxygen atoms in total. The van der Waals surface area contributed by atoms with Gasteiger partial charge in [0.05, 0.1) is 12.0 Å². The normalized spacial score (nSPS) is 11.0. The van der Waals surface area contributed by atoms with Crippen molar-refractivity contribution in [1.29, 1.82) is 0 Å². The number of carbonyl (C=O) groups excluding carboxylic acids is 1. The number of hydrazone groups is 1. The number of hydrogen-bond acceptors (Lipinski definition) is 8. The SMILES string of the molecule is O=C(CSc1nnc(SCc2ccccc2Cl)s1)N/N=C/c1ccncc1. The molecule has 0 radical (unpaired) electrons. The van der Waals surface area contributed by atoms with Crippen molar-refractivity contribution in [1.82, 2.24) is 20.6 Å². The van der Waals surface area contributed by atoms with E-state index < -0.39 is 0 Å². The molecule has 0 aliphatic rings. The van der Waals surface area contributed by atoms with Crippen molar-refractivity contribution in [2.45, 2.75) is 14.4 Å². The summed E-state index contributed by atoms with van der Waals surface area (Å²) in [5.74, 6) is 0.742. The van der Waals surface area contributed by atoms with Gasteiger partial charge in [-0.3, -0.25) is 9.78 Å². The maximum atomic E-state index is 11.8. The first-order valence-corrected chi connectivity index (χ1v) is 10.9. The smallest absolute Gasteiger partial charge is 0.250 e. The Labute approximate surface area is 173 Å². The topological polar surface area (TPSA) is 80.1 Å². The van der Waals surface area contributed by atoms with E-state index in [0.29, 0.717) is 0 Å². The Balaban J connectivity index is 1.42. The van der Waals surface area contributed by atoms with Gasteiger partial charge in [0, 0.05) is 23.2 Å². The minimum absolute atomic E-state index is 0.203. The summed E-state index contributed by atoms with van der Waals surface area (Å²) in [6.07, 6.45) is 4.89. The van der Waals surface area contributed by atoms with Crippen molar-refractivity contribution < 1.29 is 4.79 Å². The first-order valence-electron chi connectivity index (χ1n) is 7.75. The molecule has 0 saturated heterocycles. The summed E-state index contributed by atoms with van der Waals surface area (Å²) in [7, 11) is 0. The molecular formula is C17H14ClN5OS3. The summed E-state index contributed by atoms with van der Waals surface area (Å²) in [6, 6.07) is 11.3. The summed E-state index contributed by atoms with van der Waals surface area (Å²) < 4.78 is 1.58. The van der Waals surface area contributed by atoms with Crippen molar-refractivity contribution >= 4 is 58.6 Å². The first kappa shape index (κ1) is 19.8. The zero-order chi connectivity index (χ0) is 18.9. The van der Waals surface area contributed by atoms with Gasteiger partial charge in [0.2, 0.25) is 0 Å². The number of halogens is 1. The Morgan fingerprint density at radius 2 is 1.89 bits per heavy atom. The number of carbonyl (C=O) groups is 1. The third-order valence-electron chi connectivity index (χ3n) is 3.13. The second-order valence-corrected chi connectivity index (χ2v) is 8.91. The van der Waals surface area contributed by atoms with Crippen LogP contribution in [-0.2, 0) is 10.5 Å². The van der Waals surface area contributed by atoms with Crippen LogP contribution in [0.1, 0.15) is 11.1 Å². The highest BCUT2D eigenvalue weighted by Crippen LogP contribution is 2.32. The van der Waals surface area contributed by atoms with Gasteiger partial charge >= 0.3 is 0 Å². The van der Waals surface area contributed by atoms with E-state index in [-0.39, 0.29) is 11.7 Å². The number of pyridine rings is 1. The Morgan fingerprint density at radius 1 is 1.15 bits per heavy atom. The van der Waals surface area contributed by atoms with Gasteiger partial charge in [0.1, 0.15) is 0 Å². The zero-order valence-electron chi connectivity index (χ0n) is 13.9. The molecule has 0 atom stereocenters. The number of thioether (sulfide) groups is 2. The van der Waals surface area contributed by atoms with Crippen LogP contribution < -0.4 is 5.43 Å². The summed E-state index contributed by atoms with van der Waals surface area (Å²) in [6.45, 7) is 0. The molecule has 27 heavy (non-hydrogen) atoms. The van der Waals surface area contributed by atoms with E-state index in [4.69, 9.17) is 11.6 Å². The van der Waals surface area contributed by atoms with Gasteiger partial charge < -0.3 is 0 Å². The van der Waals surface area contributed by atoms with Crippen LogP contribution in [-0.4, -0.2) is 33.1 Å². The van der Waals surface area contributed by atoms with Crippen molar-refractivity contribution in [3.8, 4) is 0 Å². The van der Waals surface area contributed by atoms with Crippen molar-refractivity contribution in [3.63, 3.8) is 0 Å². The standard InChI is InChI=1S/C17H14ClN5OS3/c18-14-4-2-1-3-13(14)10-25-16-22-23-17(27-16)26-11-15(24)21-20-9-12-5-7-19-8-6-12/h1-9H,10-11H2,(H,21,24)/b20-9+. The molecule has 1 amide bonds. The minimum Gasteiger partial charge on any atom is -0.272 e. The molecule has 2 aromatic heterocycles. The van der Waals surface area contributed by atoms with Crippen LogP contribution in [0.15, 0.2) is 62.6 Å². The molecule has 1 N–H and O–H groups in total. The van der Waals surface area contributed by atoms with Crippen LogP contribution in [0, 0.1) is 0 Å². The second kappa shape index (κ2) is 10.4. The Kier molecular flexibility index (Phi) is 7.64. The predicted molar refractivity (Wildman–Crippen MR) is 112 cm³/mol. The first-order chi connectivity index (χ1) is 13.2. The Bertz CT molecular complexity index is 920. The molecule has 0 aliphatic carbocycles. The molecule has 0 bridgehead atoms. The fourth-order valence-electron chi connectivity index (χ4n) is 1.86. The summed E-state index contributed by atoms with van der Waals surface area (Å²) in [5, 5.41) is 12.9. The summed E-state index contributed by atoms with van der Waals surface area (Å²) >= 11 is 10.5. The molecule has 0 saturated carbocycles. The number of benzene rings is 1. The van der Waals surface area contributed by atoms with Gasteiger partial charge in [0.15, 0.2) is 8.68 Å². The highest BCUT2D eigenvalue weighted by atomic mass is 35.5. The molecule has 138 valence electrons. The van der Waals surface area contributed by atoms with Crippen LogP contribution in [0.2, 0.25) is 5.02 Å². The number of nitrogens with zero attached hydrogens (tertiary/aromatic N) is 4. The minimum atomic E-state index is -0.203. The van der Waals surface area contributed by atoms with Crippen molar-refractivity contribution in [3.05, 3.63) is 64.9 Å². The molecule has 1 aromatic carbocycles. The molecular weight excluding hydrogens is 422 g/mol. The van der Waals surface area contributed by atoms with E-state index in [1.165, 1.54) is 23.1 Å². The van der Waals surface area contributed by atoms with E-state index in [2.05, 4.69) is 25.7 Å². The van der Waals surface area contributed by atoms with E-state index >= 15 is 0 Å². The molecule has 10 heteroatoms. The van der Waals surface area contributed by atoms with E-state index in [1.807, 2.05) is 24.3 Å². The highest BCUT2D eigenvalue weighted by Gasteiger charge is 2.09. The van der Waals surface area contributed by atoms with Crippen LogP contribution >= 0.6 is 46.5 Å². The lowest BCUT2D eigenvalue weighted by atomic mass is 10.2. The zero-order valence-corrected chi connectivity index (χ0v) is 17.1. The lowest BCUT2D eigenvalue weighted by molar-refractivity contribution is -0.118. The maximum Gasteiger partial charge on any atom is 0.250 e. The highest BCUT2D eigenvalue weighted by molar-refractivity contribution is 8.03. The fraction of sp³-hybridized carbons (Fsp3) is 0.118. The molecule has 0 spiro atoms. The molecule has 2 heterocycles. The average molecular weight is 436 g/mol. The summed E-state index contributed by atoms with van der Waals surface area (Å²) in [5.41, 5.74) is 4.41. The average Bonchev–Trinajstić information content (AvgIpc) is 3.14. The molecule has 0 unspecified atom stereocenters. The number of hydrogen-bond donors (Lipinski definition) is 1. The molecule has 0 aliphatic heterocycles. The third kappa shape index (κ3) is 6.62. The van der Waals surface area contributed by atoms with Gasteiger partial charge in [-0.15, -0.1) is 10.2 Å². The fourth-order valence-corrected chi connectivity index (χ4v) is 4.95. The number of aromatic nitrogens is 3. The van der Waals surface area contributed by atoms with E-state index in [9.17, 15) is 4.79 Å². The monoisotopic (exact) mass is 435 g/mol. The van der Waals surface area contributed by atoms with Crippen molar-refractivity contribution in [2.75, 3.05) is 5.75 Å². The number of rotatable bonds is 8. The second-order valence-electron chi connectivity index (χ2n) is 5.08. The van der Waals surface area contributed by atoms with Gasteiger partial charge in [-0.2, -0.15) is 5.10 Å². The quantitative estimate of drug-likeness (QED) is 0.325. The Morgan fingerprint density at radius 3 is 2.67 bits per heavy atom. The lowest BCUT2D eigenvalue weighted by Gasteiger charge is -2.00. The third-order valence-corrected chi connectivity index (χ3v) is 6.74. The molecule has 3 rings (SSSR count). The van der Waals surface area contributed by atoms with E-state index in [1.54, 1.807) is 42.5 Å². The van der Waals surface area contributed by atoms with Gasteiger partial charge in [0.25, 0.3) is 5.91 Å². The van der Waals surface area contributed by atoms with Crippen molar-refractivity contribution in [2.24, 2.45) is 5.10 Å². The molecule has 3 aromatic rings. The largest absolute Gasteiger partial charge is 0.272 e. The lowest BCUT2D eigenvalue weighted by Crippen LogP contribution is -2.19. The van der Waals surface area contributed by atoms with Crippen LogP contribution in [0.4, 0.5) is 0 Å². The number of nitrogens with one attached hydrogen (secondary N) is 1. The number of amides is 1. The Hall–Kier alpha value is -1.94. The van der Waals surface area contributed by atoms with Gasteiger partial charge in [-0.1, -0.05) is 64.7 Å².